The van der Waals surface area contributed by atoms with Crippen molar-refractivity contribution in [3.05, 3.63) is 182 Å². The molecular formula is C49H30N4O. The van der Waals surface area contributed by atoms with E-state index in [2.05, 4.69) is 138 Å². The number of rotatable bonds is 5. The first kappa shape index (κ1) is 30.3. The summed E-state index contributed by atoms with van der Waals surface area (Å²) >= 11 is 0. The Bertz CT molecular complexity index is 3220. The second-order valence-corrected chi connectivity index (χ2v) is 13.6. The molecule has 8 aromatic carbocycles. The Morgan fingerprint density at radius 1 is 0.389 bits per heavy atom. The van der Waals surface area contributed by atoms with E-state index in [0.717, 1.165) is 61.0 Å². The van der Waals surface area contributed by atoms with E-state index in [-0.39, 0.29) is 0 Å². The average molecular weight is 691 g/mol. The average Bonchev–Trinajstić information content (AvgIpc) is 3.80. The molecule has 252 valence electrons. The summed E-state index contributed by atoms with van der Waals surface area (Å²) in [6, 6.07) is 63.2. The molecule has 3 heterocycles. The van der Waals surface area contributed by atoms with E-state index in [0.29, 0.717) is 17.5 Å². The van der Waals surface area contributed by atoms with E-state index in [1.165, 1.54) is 27.1 Å². The van der Waals surface area contributed by atoms with Gasteiger partial charge in [-0.3, -0.25) is 0 Å². The molecule has 0 aliphatic rings. The zero-order valence-electron chi connectivity index (χ0n) is 29.0. The Hall–Kier alpha value is -7.37. The molecule has 54 heavy (non-hydrogen) atoms. The van der Waals surface area contributed by atoms with Crippen LogP contribution in [0.5, 0.6) is 0 Å². The molecule has 0 N–H and O–H groups in total. The molecule has 0 amide bonds. The summed E-state index contributed by atoms with van der Waals surface area (Å²) in [6.45, 7) is 0. The SMILES string of the molecule is c1ccc(-c2cccc(-c3nc(-c4ccccc4)nc(-c4cccc5oc6cc(-n7c8ccccc8c8ccc9ccccc9c87)ccc6c45)n3)c2)cc1. The number of hydrogen-bond donors (Lipinski definition) is 0. The molecule has 11 rings (SSSR count). The minimum atomic E-state index is 0.593. The van der Waals surface area contributed by atoms with Crippen LogP contribution >= 0.6 is 0 Å². The van der Waals surface area contributed by atoms with Gasteiger partial charge < -0.3 is 8.98 Å². The van der Waals surface area contributed by atoms with Crippen LogP contribution in [0.25, 0.3) is 105 Å². The van der Waals surface area contributed by atoms with Crippen molar-refractivity contribution in [3.8, 4) is 51.0 Å². The van der Waals surface area contributed by atoms with Gasteiger partial charge in [0.05, 0.1) is 11.0 Å². The van der Waals surface area contributed by atoms with Crippen LogP contribution in [0.2, 0.25) is 0 Å². The number of nitrogens with zero attached hydrogens (tertiary/aromatic N) is 4. The first-order chi connectivity index (χ1) is 26.8. The maximum atomic E-state index is 6.67. The van der Waals surface area contributed by atoms with Gasteiger partial charge in [0.1, 0.15) is 11.2 Å². The van der Waals surface area contributed by atoms with Gasteiger partial charge in [-0.1, -0.05) is 146 Å². The maximum Gasteiger partial charge on any atom is 0.164 e. The Labute approximate surface area is 310 Å². The highest BCUT2D eigenvalue weighted by Gasteiger charge is 2.20. The third kappa shape index (κ3) is 4.83. The second kappa shape index (κ2) is 12.1. The van der Waals surface area contributed by atoms with Crippen molar-refractivity contribution in [1.29, 1.82) is 0 Å². The lowest BCUT2D eigenvalue weighted by atomic mass is 10.0. The first-order valence-electron chi connectivity index (χ1n) is 18.1. The summed E-state index contributed by atoms with van der Waals surface area (Å²) in [5.41, 5.74) is 9.94. The van der Waals surface area contributed by atoms with E-state index in [1.54, 1.807) is 0 Å². The fourth-order valence-electron chi connectivity index (χ4n) is 7.95. The Balaban J connectivity index is 1.11. The normalized spacial score (nSPS) is 11.7. The summed E-state index contributed by atoms with van der Waals surface area (Å²) < 4.78 is 9.04. The van der Waals surface area contributed by atoms with E-state index in [9.17, 15) is 0 Å². The molecule has 5 nitrogen and oxygen atoms in total. The monoisotopic (exact) mass is 690 g/mol. The van der Waals surface area contributed by atoms with Crippen molar-refractivity contribution < 1.29 is 4.42 Å². The Morgan fingerprint density at radius 2 is 1.04 bits per heavy atom. The first-order valence-corrected chi connectivity index (χ1v) is 18.1. The maximum absolute atomic E-state index is 6.67. The van der Waals surface area contributed by atoms with Crippen molar-refractivity contribution in [2.24, 2.45) is 0 Å². The lowest BCUT2D eigenvalue weighted by Crippen LogP contribution is -2.00. The van der Waals surface area contributed by atoms with Gasteiger partial charge in [-0.2, -0.15) is 0 Å². The molecule has 11 aromatic rings. The lowest BCUT2D eigenvalue weighted by molar-refractivity contribution is 0.668. The summed E-state index contributed by atoms with van der Waals surface area (Å²) in [7, 11) is 0. The largest absolute Gasteiger partial charge is 0.456 e. The minimum Gasteiger partial charge on any atom is -0.456 e. The summed E-state index contributed by atoms with van der Waals surface area (Å²) in [5.74, 6) is 1.82. The number of aromatic nitrogens is 4. The van der Waals surface area contributed by atoms with Crippen LogP contribution in [0.3, 0.4) is 0 Å². The predicted octanol–water partition coefficient (Wildman–Crippen LogP) is 12.7. The highest BCUT2D eigenvalue weighted by molar-refractivity contribution is 6.19. The number of fused-ring (bicyclic) bond motifs is 8. The zero-order chi connectivity index (χ0) is 35.6. The molecule has 0 fully saturated rings. The van der Waals surface area contributed by atoms with Gasteiger partial charge >= 0.3 is 0 Å². The van der Waals surface area contributed by atoms with E-state index >= 15 is 0 Å². The molecule has 5 heteroatoms. The summed E-state index contributed by atoms with van der Waals surface area (Å²) in [5, 5.41) is 6.85. The topological polar surface area (TPSA) is 56.7 Å². The van der Waals surface area contributed by atoms with Gasteiger partial charge in [-0.25, -0.2) is 15.0 Å². The number of para-hydroxylation sites is 1. The number of furan rings is 1. The van der Waals surface area contributed by atoms with Crippen LogP contribution in [0.4, 0.5) is 0 Å². The van der Waals surface area contributed by atoms with E-state index in [4.69, 9.17) is 19.4 Å². The molecule has 0 radical (unpaired) electrons. The van der Waals surface area contributed by atoms with Gasteiger partial charge in [0.15, 0.2) is 17.5 Å². The molecule has 0 bridgehead atoms. The molecule has 0 spiro atoms. The van der Waals surface area contributed by atoms with Gasteiger partial charge in [0.2, 0.25) is 0 Å². The smallest absolute Gasteiger partial charge is 0.164 e. The van der Waals surface area contributed by atoms with Crippen molar-refractivity contribution >= 4 is 54.5 Å². The third-order valence-corrected chi connectivity index (χ3v) is 10.4. The summed E-state index contributed by atoms with van der Waals surface area (Å²) in [4.78, 5) is 15.3. The lowest BCUT2D eigenvalue weighted by Gasteiger charge is -2.11. The fraction of sp³-hybridized carbons (Fsp3) is 0. The highest BCUT2D eigenvalue weighted by Crippen LogP contribution is 2.40. The molecular weight excluding hydrogens is 661 g/mol. The van der Waals surface area contributed by atoms with Gasteiger partial charge in [0, 0.05) is 55.4 Å². The molecule has 0 atom stereocenters. The Kier molecular flexibility index (Phi) is 6.79. The van der Waals surface area contributed by atoms with Crippen molar-refractivity contribution in [1.82, 2.24) is 19.5 Å². The van der Waals surface area contributed by atoms with Gasteiger partial charge in [0.25, 0.3) is 0 Å². The highest BCUT2D eigenvalue weighted by atomic mass is 16.3. The quantitative estimate of drug-likeness (QED) is 0.180. The van der Waals surface area contributed by atoms with Crippen LogP contribution in [-0.2, 0) is 0 Å². The van der Waals surface area contributed by atoms with Crippen LogP contribution in [0.15, 0.2) is 186 Å². The van der Waals surface area contributed by atoms with Crippen LogP contribution in [0, 0.1) is 0 Å². The number of benzene rings is 8. The Morgan fingerprint density at radius 3 is 1.89 bits per heavy atom. The predicted molar refractivity (Wildman–Crippen MR) is 221 cm³/mol. The van der Waals surface area contributed by atoms with Crippen LogP contribution in [-0.4, -0.2) is 19.5 Å². The minimum absolute atomic E-state index is 0.593. The number of hydrogen-bond acceptors (Lipinski definition) is 4. The summed E-state index contributed by atoms with van der Waals surface area (Å²) in [6.07, 6.45) is 0. The van der Waals surface area contributed by atoms with Crippen molar-refractivity contribution in [2.75, 3.05) is 0 Å². The zero-order valence-corrected chi connectivity index (χ0v) is 29.0. The molecule has 3 aromatic heterocycles. The van der Waals surface area contributed by atoms with Gasteiger partial charge in [-0.15, -0.1) is 0 Å². The van der Waals surface area contributed by atoms with E-state index < -0.39 is 0 Å². The molecule has 0 aliphatic carbocycles. The molecule has 0 saturated carbocycles. The molecule has 0 saturated heterocycles. The third-order valence-electron chi connectivity index (χ3n) is 10.4. The molecule has 0 aliphatic heterocycles. The standard InChI is InChI=1S/C49H30N4O/c1-3-13-31(14-4-1)34-18-11-19-35(29-34)48-50-47(33-16-5-2-6-17-33)51-49(52-48)41-22-12-24-43-45(41)40-28-26-36(30-44(40)54-43)53-42-23-10-9-21-38(42)39-27-25-32-15-7-8-20-37(32)46(39)53/h1-30H. The molecule has 0 unspecified atom stereocenters. The van der Waals surface area contributed by atoms with Gasteiger partial charge in [-0.05, 0) is 46.8 Å². The van der Waals surface area contributed by atoms with E-state index in [1.807, 2.05) is 48.5 Å². The fourth-order valence-corrected chi connectivity index (χ4v) is 7.95. The second-order valence-electron chi connectivity index (χ2n) is 13.6. The van der Waals surface area contributed by atoms with Crippen LogP contribution < -0.4 is 0 Å². The van der Waals surface area contributed by atoms with Crippen LogP contribution in [0.1, 0.15) is 0 Å². The van der Waals surface area contributed by atoms with Crippen molar-refractivity contribution in [2.45, 2.75) is 0 Å². The van der Waals surface area contributed by atoms with Crippen molar-refractivity contribution in [3.63, 3.8) is 0 Å².